The van der Waals surface area contributed by atoms with Gasteiger partial charge in [0.05, 0.1) is 5.75 Å². The summed E-state index contributed by atoms with van der Waals surface area (Å²) < 4.78 is 24.5. The first kappa shape index (κ1) is 15.0. The molecule has 0 saturated heterocycles. The van der Waals surface area contributed by atoms with Crippen LogP contribution in [0.25, 0.3) is 0 Å². The summed E-state index contributed by atoms with van der Waals surface area (Å²) in [5, 5.41) is 3.21. The fraction of sp³-hybridized carbons (Fsp3) is 0.455. The third kappa shape index (κ3) is 5.40. The molecule has 1 rings (SSSR count). The van der Waals surface area contributed by atoms with E-state index in [0.29, 0.717) is 13.0 Å². The SMILES string of the molecule is CCS(=O)(=O)CCCNc1cc(Br)ccc1Br. The first-order valence-corrected chi connectivity index (χ1v) is 8.74. The van der Waals surface area contributed by atoms with Gasteiger partial charge in [0.15, 0.2) is 0 Å². The van der Waals surface area contributed by atoms with E-state index in [1.807, 2.05) is 18.2 Å². The molecule has 0 heterocycles. The van der Waals surface area contributed by atoms with Crippen LogP contribution in [0.2, 0.25) is 0 Å². The maximum absolute atomic E-state index is 11.3. The Morgan fingerprint density at radius 1 is 1.29 bits per heavy atom. The van der Waals surface area contributed by atoms with Crippen LogP contribution in [0.5, 0.6) is 0 Å². The van der Waals surface area contributed by atoms with Gasteiger partial charge in [-0.05, 0) is 40.5 Å². The normalized spacial score (nSPS) is 11.5. The van der Waals surface area contributed by atoms with E-state index in [0.717, 1.165) is 14.6 Å². The van der Waals surface area contributed by atoms with Gasteiger partial charge in [0, 0.05) is 26.9 Å². The zero-order valence-corrected chi connectivity index (χ0v) is 13.5. The highest BCUT2D eigenvalue weighted by atomic mass is 79.9. The minimum Gasteiger partial charge on any atom is -0.384 e. The van der Waals surface area contributed by atoms with Gasteiger partial charge in [-0.2, -0.15) is 0 Å². The molecule has 0 saturated carbocycles. The number of sulfone groups is 1. The van der Waals surface area contributed by atoms with Gasteiger partial charge < -0.3 is 5.32 Å². The summed E-state index contributed by atoms with van der Waals surface area (Å²) in [6, 6.07) is 5.84. The van der Waals surface area contributed by atoms with Crippen molar-refractivity contribution in [3.05, 3.63) is 27.1 Å². The van der Waals surface area contributed by atoms with Gasteiger partial charge >= 0.3 is 0 Å². The largest absolute Gasteiger partial charge is 0.384 e. The van der Waals surface area contributed by atoms with E-state index in [9.17, 15) is 8.42 Å². The van der Waals surface area contributed by atoms with Gasteiger partial charge in [-0.15, -0.1) is 0 Å². The van der Waals surface area contributed by atoms with Gasteiger partial charge in [-0.3, -0.25) is 0 Å². The zero-order chi connectivity index (χ0) is 12.9. The van der Waals surface area contributed by atoms with Crippen LogP contribution < -0.4 is 5.32 Å². The van der Waals surface area contributed by atoms with Crippen LogP contribution in [-0.2, 0) is 9.84 Å². The van der Waals surface area contributed by atoms with Crippen molar-refractivity contribution in [1.29, 1.82) is 0 Å². The standard InChI is InChI=1S/C11H15Br2NO2S/c1-2-17(15,16)7-3-6-14-11-8-9(12)4-5-10(11)13/h4-5,8,14H,2-3,6-7H2,1H3. The Hall–Kier alpha value is -0.0700. The van der Waals surface area contributed by atoms with Crippen molar-refractivity contribution in [2.24, 2.45) is 0 Å². The average molecular weight is 385 g/mol. The molecule has 0 aromatic heterocycles. The van der Waals surface area contributed by atoms with Crippen molar-refractivity contribution in [2.75, 3.05) is 23.4 Å². The number of hydrogen-bond acceptors (Lipinski definition) is 3. The monoisotopic (exact) mass is 383 g/mol. The van der Waals surface area contributed by atoms with Crippen molar-refractivity contribution in [2.45, 2.75) is 13.3 Å². The molecule has 0 aliphatic rings. The summed E-state index contributed by atoms with van der Waals surface area (Å²) in [6.45, 7) is 2.32. The van der Waals surface area contributed by atoms with Crippen molar-refractivity contribution in [1.82, 2.24) is 0 Å². The van der Waals surface area contributed by atoms with Crippen molar-refractivity contribution < 1.29 is 8.42 Å². The number of anilines is 1. The van der Waals surface area contributed by atoms with Gasteiger partial charge in [0.25, 0.3) is 0 Å². The average Bonchev–Trinajstić information content (AvgIpc) is 2.29. The second-order valence-corrected chi connectivity index (χ2v) is 7.88. The maximum atomic E-state index is 11.3. The Morgan fingerprint density at radius 2 is 2.00 bits per heavy atom. The summed E-state index contributed by atoms with van der Waals surface area (Å²) in [6.07, 6.45) is 0.620. The molecule has 0 spiro atoms. The van der Waals surface area contributed by atoms with E-state index in [1.54, 1.807) is 6.92 Å². The minimum absolute atomic E-state index is 0.216. The van der Waals surface area contributed by atoms with Gasteiger partial charge in [0.2, 0.25) is 0 Å². The Morgan fingerprint density at radius 3 is 2.65 bits per heavy atom. The molecular formula is C11H15Br2NO2S. The molecular weight excluding hydrogens is 370 g/mol. The number of nitrogens with one attached hydrogen (secondary N) is 1. The Kier molecular flexibility index (Phi) is 5.95. The fourth-order valence-corrected chi connectivity index (χ4v) is 2.91. The van der Waals surface area contributed by atoms with Crippen LogP contribution >= 0.6 is 31.9 Å². The highest BCUT2D eigenvalue weighted by molar-refractivity contribution is 9.11. The number of benzene rings is 1. The lowest BCUT2D eigenvalue weighted by atomic mass is 10.3. The minimum atomic E-state index is -2.85. The van der Waals surface area contributed by atoms with E-state index in [4.69, 9.17) is 0 Å². The van der Waals surface area contributed by atoms with Crippen LogP contribution in [-0.4, -0.2) is 26.5 Å². The fourth-order valence-electron chi connectivity index (χ4n) is 1.29. The number of hydrogen-bond donors (Lipinski definition) is 1. The molecule has 0 aliphatic heterocycles. The molecule has 0 fully saturated rings. The van der Waals surface area contributed by atoms with Crippen LogP contribution in [0, 0.1) is 0 Å². The molecule has 6 heteroatoms. The van der Waals surface area contributed by atoms with Crippen molar-refractivity contribution >= 4 is 47.4 Å². The van der Waals surface area contributed by atoms with Gasteiger partial charge in [-0.1, -0.05) is 22.9 Å². The van der Waals surface area contributed by atoms with Crippen molar-refractivity contribution in [3.63, 3.8) is 0 Å². The van der Waals surface area contributed by atoms with E-state index < -0.39 is 9.84 Å². The quantitative estimate of drug-likeness (QED) is 0.764. The maximum Gasteiger partial charge on any atom is 0.150 e. The van der Waals surface area contributed by atoms with Gasteiger partial charge in [0.1, 0.15) is 9.84 Å². The molecule has 0 bridgehead atoms. The predicted molar refractivity (Wildman–Crippen MR) is 79.3 cm³/mol. The molecule has 17 heavy (non-hydrogen) atoms. The third-order valence-electron chi connectivity index (χ3n) is 2.32. The molecule has 0 radical (unpaired) electrons. The number of rotatable bonds is 6. The topological polar surface area (TPSA) is 46.2 Å². The van der Waals surface area contributed by atoms with Crippen LogP contribution in [0.4, 0.5) is 5.69 Å². The second kappa shape index (κ2) is 6.75. The van der Waals surface area contributed by atoms with Crippen LogP contribution in [0.3, 0.4) is 0 Å². The van der Waals surface area contributed by atoms with E-state index in [-0.39, 0.29) is 11.5 Å². The lowest BCUT2D eigenvalue weighted by Crippen LogP contribution is -2.13. The number of halogens is 2. The molecule has 96 valence electrons. The molecule has 1 aromatic rings. The summed E-state index contributed by atoms with van der Waals surface area (Å²) in [4.78, 5) is 0. The third-order valence-corrected chi connectivity index (χ3v) is 5.29. The second-order valence-electron chi connectivity index (χ2n) is 3.64. The first-order valence-electron chi connectivity index (χ1n) is 5.34. The van der Waals surface area contributed by atoms with E-state index in [1.165, 1.54) is 0 Å². The molecule has 0 amide bonds. The van der Waals surface area contributed by atoms with Crippen LogP contribution in [0.15, 0.2) is 27.1 Å². The Balaban J connectivity index is 2.44. The summed E-state index contributed by atoms with van der Waals surface area (Å²) in [7, 11) is -2.85. The molecule has 1 N–H and O–H groups in total. The van der Waals surface area contributed by atoms with Crippen molar-refractivity contribution in [3.8, 4) is 0 Å². The summed E-state index contributed by atoms with van der Waals surface area (Å²) in [5.41, 5.74) is 0.966. The molecule has 0 atom stereocenters. The van der Waals surface area contributed by atoms with Gasteiger partial charge in [-0.25, -0.2) is 8.42 Å². The zero-order valence-electron chi connectivity index (χ0n) is 9.54. The first-order chi connectivity index (χ1) is 7.94. The van der Waals surface area contributed by atoms with E-state index >= 15 is 0 Å². The summed E-state index contributed by atoms with van der Waals surface area (Å²) >= 11 is 6.83. The van der Waals surface area contributed by atoms with Crippen LogP contribution in [0.1, 0.15) is 13.3 Å². The Bertz CT molecular complexity index is 474. The summed E-state index contributed by atoms with van der Waals surface area (Å²) in [5.74, 6) is 0.454. The molecule has 0 unspecified atom stereocenters. The predicted octanol–water partition coefficient (Wildman–Crippen LogP) is 3.45. The molecule has 0 aliphatic carbocycles. The molecule has 3 nitrogen and oxygen atoms in total. The smallest absolute Gasteiger partial charge is 0.150 e. The highest BCUT2D eigenvalue weighted by Crippen LogP contribution is 2.25. The lowest BCUT2D eigenvalue weighted by Gasteiger charge is -2.08. The molecule has 1 aromatic carbocycles. The van der Waals surface area contributed by atoms with E-state index in [2.05, 4.69) is 37.2 Å². The Labute approximate surface area is 119 Å². The highest BCUT2D eigenvalue weighted by Gasteiger charge is 2.06. The lowest BCUT2D eigenvalue weighted by molar-refractivity contribution is 0.595.